The summed E-state index contributed by atoms with van der Waals surface area (Å²) in [5, 5.41) is 7.42. The number of rotatable bonds is 7. The minimum absolute atomic E-state index is 0.231. The molecule has 1 aromatic heterocycles. The zero-order valence-corrected chi connectivity index (χ0v) is 13.4. The number of nitrogens with one attached hydrogen (secondary N) is 1. The monoisotopic (exact) mass is 314 g/mol. The molecule has 0 aliphatic carbocycles. The van der Waals surface area contributed by atoms with E-state index in [1.165, 1.54) is 0 Å². The van der Waals surface area contributed by atoms with Gasteiger partial charge in [-0.1, -0.05) is 25.4 Å². The normalized spacial score (nSPS) is 13.9. The van der Waals surface area contributed by atoms with Crippen LogP contribution in [0.5, 0.6) is 5.88 Å². The minimum atomic E-state index is -0.231. The van der Waals surface area contributed by atoms with Crippen molar-refractivity contribution in [1.29, 1.82) is 0 Å². The Morgan fingerprint density at radius 2 is 2.24 bits per heavy atom. The van der Waals surface area contributed by atoms with Crippen molar-refractivity contribution in [3.8, 4) is 5.88 Å². The molecule has 0 aromatic carbocycles. The van der Waals surface area contributed by atoms with Crippen molar-refractivity contribution in [3.63, 3.8) is 0 Å². The van der Waals surface area contributed by atoms with Gasteiger partial charge >= 0.3 is 0 Å². The summed E-state index contributed by atoms with van der Waals surface area (Å²) in [4.78, 5) is 14.4. The lowest BCUT2D eigenvalue weighted by Gasteiger charge is -2.17. The van der Waals surface area contributed by atoms with Crippen LogP contribution in [0.25, 0.3) is 0 Å². The molecule has 1 aliphatic heterocycles. The van der Waals surface area contributed by atoms with Gasteiger partial charge in [-0.05, 0) is 26.1 Å². The first-order valence-electron chi connectivity index (χ1n) is 7.57. The summed E-state index contributed by atoms with van der Waals surface area (Å²) in [6.45, 7) is 9.29. The maximum atomic E-state index is 12.1. The highest BCUT2D eigenvalue weighted by molar-refractivity contribution is 6.34. The van der Waals surface area contributed by atoms with Gasteiger partial charge in [0.25, 0.3) is 5.91 Å². The summed E-state index contributed by atoms with van der Waals surface area (Å²) in [7, 11) is 0. The minimum Gasteiger partial charge on any atom is -0.477 e. The van der Waals surface area contributed by atoms with Crippen LogP contribution in [0.4, 0.5) is 0 Å². The van der Waals surface area contributed by atoms with Gasteiger partial charge in [-0.15, -0.1) is 0 Å². The molecule has 6 nitrogen and oxygen atoms in total. The van der Waals surface area contributed by atoms with E-state index in [2.05, 4.69) is 29.2 Å². The number of amides is 1. The molecule has 1 N–H and O–H groups in total. The first-order valence-corrected chi connectivity index (χ1v) is 7.94. The smallest absolute Gasteiger partial charge is 0.273 e. The zero-order valence-electron chi connectivity index (χ0n) is 12.7. The van der Waals surface area contributed by atoms with Crippen LogP contribution < -0.4 is 10.1 Å². The standard InChI is InChI=1S/C14H23ClN4O2/c1-3-18(4-2)8-5-7-16-13(20)12-11(15)14-19(17-12)9-6-10-21-14/h3-10H2,1-2H3,(H,16,20). The molecular weight excluding hydrogens is 292 g/mol. The second kappa shape index (κ2) is 7.66. The number of fused-ring (bicyclic) bond motifs is 1. The van der Waals surface area contributed by atoms with Crippen molar-refractivity contribution < 1.29 is 9.53 Å². The van der Waals surface area contributed by atoms with E-state index in [9.17, 15) is 4.79 Å². The van der Waals surface area contributed by atoms with E-state index in [-0.39, 0.29) is 11.6 Å². The SMILES string of the molecule is CCN(CC)CCCNC(=O)c1nn2c(c1Cl)OCCC2. The van der Waals surface area contributed by atoms with Gasteiger partial charge in [0.2, 0.25) is 5.88 Å². The summed E-state index contributed by atoms with van der Waals surface area (Å²) in [5.41, 5.74) is 0.261. The molecule has 0 saturated heterocycles. The van der Waals surface area contributed by atoms with Crippen LogP contribution in [0.2, 0.25) is 5.02 Å². The molecule has 1 amide bonds. The van der Waals surface area contributed by atoms with Crippen molar-refractivity contribution in [2.75, 3.05) is 32.8 Å². The van der Waals surface area contributed by atoms with Gasteiger partial charge in [-0.3, -0.25) is 4.79 Å². The van der Waals surface area contributed by atoms with Crippen LogP contribution in [0.15, 0.2) is 0 Å². The van der Waals surface area contributed by atoms with Gasteiger partial charge < -0.3 is 15.0 Å². The van der Waals surface area contributed by atoms with Crippen LogP contribution in [0.3, 0.4) is 0 Å². The Balaban J connectivity index is 1.85. The quantitative estimate of drug-likeness (QED) is 0.779. The van der Waals surface area contributed by atoms with Gasteiger partial charge in [-0.25, -0.2) is 4.68 Å². The number of aryl methyl sites for hydroxylation is 1. The molecular formula is C14H23ClN4O2. The van der Waals surface area contributed by atoms with Crippen molar-refractivity contribution >= 4 is 17.5 Å². The molecule has 0 bridgehead atoms. The largest absolute Gasteiger partial charge is 0.477 e. The predicted molar refractivity (Wildman–Crippen MR) is 82.1 cm³/mol. The second-order valence-corrected chi connectivity index (χ2v) is 5.41. The highest BCUT2D eigenvalue weighted by Crippen LogP contribution is 2.30. The molecule has 0 saturated carbocycles. The first-order chi connectivity index (χ1) is 10.2. The third kappa shape index (κ3) is 3.89. The van der Waals surface area contributed by atoms with Crippen molar-refractivity contribution in [2.45, 2.75) is 33.2 Å². The Kier molecular flexibility index (Phi) is 5.87. The first kappa shape index (κ1) is 16.1. The van der Waals surface area contributed by atoms with Gasteiger partial charge in [0.1, 0.15) is 5.02 Å². The topological polar surface area (TPSA) is 59.4 Å². The molecule has 0 fully saturated rings. The lowest BCUT2D eigenvalue weighted by Crippen LogP contribution is -2.30. The Labute approximate surface area is 130 Å². The Morgan fingerprint density at radius 3 is 2.90 bits per heavy atom. The molecule has 118 valence electrons. The molecule has 1 aromatic rings. The summed E-state index contributed by atoms with van der Waals surface area (Å²) in [6, 6.07) is 0. The number of ether oxygens (including phenoxy) is 1. The zero-order chi connectivity index (χ0) is 15.2. The molecule has 0 spiro atoms. The van der Waals surface area contributed by atoms with Gasteiger partial charge in [0, 0.05) is 19.5 Å². The molecule has 21 heavy (non-hydrogen) atoms. The fourth-order valence-corrected chi connectivity index (χ4v) is 2.65. The Hall–Kier alpha value is -1.27. The van der Waals surface area contributed by atoms with E-state index in [1.807, 2.05) is 0 Å². The van der Waals surface area contributed by atoms with Crippen molar-refractivity contribution in [1.82, 2.24) is 20.0 Å². The average molecular weight is 315 g/mol. The molecule has 0 radical (unpaired) electrons. The van der Waals surface area contributed by atoms with Gasteiger partial charge in [-0.2, -0.15) is 5.10 Å². The molecule has 0 unspecified atom stereocenters. The predicted octanol–water partition coefficient (Wildman–Crippen LogP) is 1.78. The third-order valence-electron chi connectivity index (χ3n) is 3.65. The molecule has 7 heteroatoms. The summed E-state index contributed by atoms with van der Waals surface area (Å²) in [5.74, 6) is 0.279. The second-order valence-electron chi connectivity index (χ2n) is 5.03. The van der Waals surface area contributed by atoms with E-state index >= 15 is 0 Å². The van der Waals surface area contributed by atoms with E-state index in [0.717, 1.165) is 39.0 Å². The third-order valence-corrected chi connectivity index (χ3v) is 3.99. The van der Waals surface area contributed by atoms with E-state index in [0.29, 0.717) is 24.1 Å². The number of nitrogens with zero attached hydrogens (tertiary/aromatic N) is 3. The van der Waals surface area contributed by atoms with Crippen molar-refractivity contribution in [3.05, 3.63) is 10.7 Å². The number of carbonyl (C=O) groups excluding carboxylic acids is 1. The maximum absolute atomic E-state index is 12.1. The van der Waals surface area contributed by atoms with Crippen LogP contribution in [-0.4, -0.2) is 53.4 Å². The number of hydrogen-bond acceptors (Lipinski definition) is 4. The molecule has 0 atom stereocenters. The van der Waals surface area contributed by atoms with E-state index in [4.69, 9.17) is 16.3 Å². The Morgan fingerprint density at radius 1 is 1.48 bits per heavy atom. The highest BCUT2D eigenvalue weighted by atomic mass is 35.5. The number of hydrogen-bond donors (Lipinski definition) is 1. The van der Waals surface area contributed by atoms with Gasteiger partial charge in [0.15, 0.2) is 5.69 Å². The lowest BCUT2D eigenvalue weighted by atomic mass is 10.3. The number of carbonyl (C=O) groups is 1. The summed E-state index contributed by atoms with van der Waals surface area (Å²) < 4.78 is 7.12. The maximum Gasteiger partial charge on any atom is 0.273 e. The Bertz CT molecular complexity index is 486. The highest BCUT2D eigenvalue weighted by Gasteiger charge is 2.24. The number of aromatic nitrogens is 2. The van der Waals surface area contributed by atoms with E-state index in [1.54, 1.807) is 4.68 Å². The molecule has 2 rings (SSSR count). The lowest BCUT2D eigenvalue weighted by molar-refractivity contribution is 0.0946. The van der Waals surface area contributed by atoms with Crippen LogP contribution in [-0.2, 0) is 6.54 Å². The van der Waals surface area contributed by atoms with Crippen LogP contribution >= 0.6 is 11.6 Å². The van der Waals surface area contributed by atoms with E-state index < -0.39 is 0 Å². The van der Waals surface area contributed by atoms with Crippen molar-refractivity contribution in [2.24, 2.45) is 0 Å². The van der Waals surface area contributed by atoms with Crippen LogP contribution in [0.1, 0.15) is 37.2 Å². The van der Waals surface area contributed by atoms with Crippen LogP contribution in [0, 0.1) is 0 Å². The summed E-state index contributed by atoms with van der Waals surface area (Å²) in [6.07, 6.45) is 1.80. The van der Waals surface area contributed by atoms with Gasteiger partial charge in [0.05, 0.1) is 6.61 Å². The fraction of sp³-hybridized carbons (Fsp3) is 0.714. The fourth-order valence-electron chi connectivity index (χ4n) is 2.37. The molecule has 2 heterocycles. The average Bonchev–Trinajstić information content (AvgIpc) is 2.85. The number of halogens is 1. The molecule has 1 aliphatic rings. The summed E-state index contributed by atoms with van der Waals surface area (Å²) >= 11 is 6.17.